The van der Waals surface area contributed by atoms with Gasteiger partial charge in [0.2, 0.25) is 0 Å². The van der Waals surface area contributed by atoms with E-state index in [1.165, 1.54) is 10.6 Å². The summed E-state index contributed by atoms with van der Waals surface area (Å²) in [5, 5.41) is 0. The molecule has 1 N–H and O–H groups in total. The molecule has 0 spiro atoms. The molecule has 0 fully saturated rings. The van der Waals surface area contributed by atoms with E-state index in [-0.39, 0.29) is 5.56 Å². The highest BCUT2D eigenvalue weighted by molar-refractivity contribution is 5.92. The van der Waals surface area contributed by atoms with Gasteiger partial charge in [0.05, 0.1) is 5.60 Å². The quantitative estimate of drug-likeness (QED) is 0.823. The molecule has 0 radical (unpaired) electrons. The molecule has 0 atom stereocenters. The number of nitrogens with zero attached hydrogens (tertiary/aromatic N) is 2. The summed E-state index contributed by atoms with van der Waals surface area (Å²) in [6.07, 6.45) is 2.81. The Balaban J connectivity index is 2.33. The second-order valence-electron chi connectivity index (χ2n) is 5.05. The fourth-order valence-electron chi connectivity index (χ4n) is 1.44. The van der Waals surface area contributed by atoms with Crippen LogP contribution in [0.4, 0.5) is 0 Å². The molecule has 0 saturated heterocycles. The molecule has 1 amide bonds. The minimum Gasteiger partial charge on any atom is -0.268 e. The lowest BCUT2D eigenvalue weighted by atomic mass is 10.2. The average molecular weight is 261 g/mol. The number of hydrogen-bond donors (Lipinski definition) is 1. The zero-order valence-electron chi connectivity index (χ0n) is 11.0. The van der Waals surface area contributed by atoms with Gasteiger partial charge in [-0.05, 0) is 32.9 Å². The van der Waals surface area contributed by atoms with Gasteiger partial charge in [0, 0.05) is 12.4 Å². The zero-order valence-corrected chi connectivity index (χ0v) is 11.0. The highest BCUT2D eigenvalue weighted by Gasteiger charge is 2.17. The number of amides is 1. The molecule has 0 aliphatic carbocycles. The van der Waals surface area contributed by atoms with Crippen LogP contribution >= 0.6 is 0 Å². The fourth-order valence-corrected chi connectivity index (χ4v) is 1.44. The Labute approximate surface area is 110 Å². The predicted octanol–water partition coefficient (Wildman–Crippen LogP) is 1.15. The SMILES string of the molecule is CC(C)(C)ONC(=O)c1cnc2ccccn2c1=O. The Morgan fingerprint density at radius 1 is 1.37 bits per heavy atom. The molecule has 0 aromatic carbocycles. The maximum atomic E-state index is 12.1. The van der Waals surface area contributed by atoms with Crippen molar-refractivity contribution >= 4 is 11.6 Å². The Morgan fingerprint density at radius 3 is 2.79 bits per heavy atom. The maximum absolute atomic E-state index is 12.1. The summed E-state index contributed by atoms with van der Waals surface area (Å²) in [5.41, 5.74) is 1.72. The van der Waals surface area contributed by atoms with E-state index in [1.54, 1.807) is 45.2 Å². The summed E-state index contributed by atoms with van der Waals surface area (Å²) in [4.78, 5) is 33.2. The van der Waals surface area contributed by atoms with Crippen LogP contribution in [-0.2, 0) is 4.84 Å². The second kappa shape index (κ2) is 4.81. The summed E-state index contributed by atoms with van der Waals surface area (Å²) < 4.78 is 1.31. The van der Waals surface area contributed by atoms with Gasteiger partial charge in [-0.15, -0.1) is 0 Å². The smallest absolute Gasteiger partial charge is 0.268 e. The van der Waals surface area contributed by atoms with E-state index in [1.807, 2.05) is 0 Å². The van der Waals surface area contributed by atoms with Crippen molar-refractivity contribution in [2.45, 2.75) is 26.4 Å². The first-order valence-corrected chi connectivity index (χ1v) is 5.83. The zero-order chi connectivity index (χ0) is 14.0. The van der Waals surface area contributed by atoms with Gasteiger partial charge < -0.3 is 0 Å². The molecule has 2 rings (SSSR count). The first-order chi connectivity index (χ1) is 8.88. The molecule has 0 saturated carbocycles. The Morgan fingerprint density at radius 2 is 2.11 bits per heavy atom. The minimum absolute atomic E-state index is 0.0621. The van der Waals surface area contributed by atoms with E-state index in [0.717, 1.165) is 0 Å². The molecule has 0 aliphatic heterocycles. The van der Waals surface area contributed by atoms with E-state index in [0.29, 0.717) is 5.65 Å². The molecule has 2 aromatic rings. The van der Waals surface area contributed by atoms with Crippen LogP contribution < -0.4 is 11.0 Å². The number of aromatic nitrogens is 2. The summed E-state index contributed by atoms with van der Waals surface area (Å²) in [7, 11) is 0. The Bertz CT molecular complexity index is 671. The van der Waals surface area contributed by atoms with Crippen LogP contribution in [0.3, 0.4) is 0 Å². The van der Waals surface area contributed by atoms with Gasteiger partial charge in [-0.1, -0.05) is 6.07 Å². The van der Waals surface area contributed by atoms with Gasteiger partial charge >= 0.3 is 0 Å². The normalized spacial score (nSPS) is 11.5. The molecule has 0 aliphatic rings. The largest absolute Gasteiger partial charge is 0.282 e. The van der Waals surface area contributed by atoms with Crippen LogP contribution in [-0.4, -0.2) is 20.9 Å². The van der Waals surface area contributed by atoms with Gasteiger partial charge in [-0.3, -0.25) is 18.8 Å². The number of carbonyl (C=O) groups excluding carboxylic acids is 1. The Hall–Kier alpha value is -2.21. The minimum atomic E-state index is -0.606. The average Bonchev–Trinajstić information content (AvgIpc) is 2.36. The molecule has 19 heavy (non-hydrogen) atoms. The van der Waals surface area contributed by atoms with Gasteiger partial charge in [0.25, 0.3) is 11.5 Å². The van der Waals surface area contributed by atoms with Crippen molar-refractivity contribution in [3.05, 3.63) is 46.5 Å². The number of carbonyl (C=O) groups is 1. The Kier molecular flexibility index (Phi) is 3.35. The molecule has 0 unspecified atom stereocenters. The molecule has 6 nitrogen and oxygen atoms in total. The molecule has 0 bridgehead atoms. The van der Waals surface area contributed by atoms with E-state index in [4.69, 9.17) is 4.84 Å². The first kappa shape index (κ1) is 13.2. The molecular weight excluding hydrogens is 246 g/mol. The van der Waals surface area contributed by atoms with E-state index < -0.39 is 17.1 Å². The summed E-state index contributed by atoms with van der Waals surface area (Å²) in [6.45, 7) is 5.37. The standard InChI is InChI=1S/C13H15N3O3/c1-13(2,3)19-15-11(17)9-8-14-10-6-4-5-7-16(10)12(9)18/h4-8H,1-3H3,(H,15,17). The third-order valence-corrected chi connectivity index (χ3v) is 2.31. The predicted molar refractivity (Wildman–Crippen MR) is 69.8 cm³/mol. The maximum Gasteiger partial charge on any atom is 0.282 e. The van der Waals surface area contributed by atoms with Crippen molar-refractivity contribution in [1.29, 1.82) is 0 Å². The van der Waals surface area contributed by atoms with Crippen LogP contribution in [0, 0.1) is 0 Å². The number of hydroxylamine groups is 1. The fraction of sp³-hybridized carbons (Fsp3) is 0.308. The van der Waals surface area contributed by atoms with Gasteiger partial charge in [0.1, 0.15) is 11.2 Å². The summed E-state index contributed by atoms with van der Waals surface area (Å²) >= 11 is 0. The van der Waals surface area contributed by atoms with Crippen molar-refractivity contribution < 1.29 is 9.63 Å². The lowest BCUT2D eigenvalue weighted by Gasteiger charge is -2.18. The van der Waals surface area contributed by atoms with Crippen LogP contribution in [0.25, 0.3) is 5.65 Å². The van der Waals surface area contributed by atoms with E-state index >= 15 is 0 Å². The number of hydrogen-bond acceptors (Lipinski definition) is 4. The topological polar surface area (TPSA) is 72.7 Å². The van der Waals surface area contributed by atoms with Crippen LogP contribution in [0.5, 0.6) is 0 Å². The lowest BCUT2D eigenvalue weighted by Crippen LogP contribution is -2.36. The van der Waals surface area contributed by atoms with Crippen molar-refractivity contribution in [1.82, 2.24) is 14.9 Å². The van der Waals surface area contributed by atoms with Crippen molar-refractivity contribution in [3.63, 3.8) is 0 Å². The lowest BCUT2D eigenvalue weighted by molar-refractivity contribution is -0.0590. The summed E-state index contributed by atoms with van der Waals surface area (Å²) in [5.74, 6) is -0.606. The van der Waals surface area contributed by atoms with Crippen LogP contribution in [0.2, 0.25) is 0 Å². The van der Waals surface area contributed by atoms with E-state index in [9.17, 15) is 9.59 Å². The van der Waals surface area contributed by atoms with Crippen molar-refractivity contribution in [3.8, 4) is 0 Å². The molecular formula is C13H15N3O3. The van der Waals surface area contributed by atoms with Crippen LogP contribution in [0.15, 0.2) is 35.4 Å². The third-order valence-electron chi connectivity index (χ3n) is 2.31. The van der Waals surface area contributed by atoms with Crippen molar-refractivity contribution in [2.24, 2.45) is 0 Å². The highest BCUT2D eigenvalue weighted by Crippen LogP contribution is 2.04. The van der Waals surface area contributed by atoms with Gasteiger partial charge in [-0.2, -0.15) is 0 Å². The molecule has 2 aromatic heterocycles. The number of fused-ring (bicyclic) bond motifs is 1. The number of pyridine rings is 1. The monoisotopic (exact) mass is 261 g/mol. The molecule has 6 heteroatoms. The molecule has 2 heterocycles. The van der Waals surface area contributed by atoms with Crippen molar-refractivity contribution in [2.75, 3.05) is 0 Å². The van der Waals surface area contributed by atoms with Gasteiger partial charge in [-0.25, -0.2) is 10.5 Å². The number of nitrogens with one attached hydrogen (secondary N) is 1. The van der Waals surface area contributed by atoms with E-state index in [2.05, 4.69) is 10.5 Å². The first-order valence-electron chi connectivity index (χ1n) is 5.83. The molecule has 100 valence electrons. The highest BCUT2D eigenvalue weighted by atomic mass is 16.7. The third kappa shape index (κ3) is 2.97. The van der Waals surface area contributed by atoms with Gasteiger partial charge in [0.15, 0.2) is 0 Å². The second-order valence-corrected chi connectivity index (χ2v) is 5.05. The van der Waals surface area contributed by atoms with Crippen LogP contribution in [0.1, 0.15) is 31.1 Å². The number of rotatable bonds is 2. The summed E-state index contributed by atoms with van der Waals surface area (Å²) in [6, 6.07) is 5.16.